The summed E-state index contributed by atoms with van der Waals surface area (Å²) in [4.78, 5) is 15.0. The van der Waals surface area contributed by atoms with E-state index in [2.05, 4.69) is 19.7 Å². The molecule has 4 fully saturated rings. The SMILES string of the molecule is O=C(CC1CCCC1)N1CC(c2nncn2C2CC2)C2(CCC2)C1. The predicted octanol–water partition coefficient (Wildman–Crippen LogP) is 3.29. The van der Waals surface area contributed by atoms with Gasteiger partial charge < -0.3 is 9.47 Å². The highest BCUT2D eigenvalue weighted by Crippen LogP contribution is 2.56. The zero-order valence-electron chi connectivity index (χ0n) is 14.5. The van der Waals surface area contributed by atoms with Crippen molar-refractivity contribution in [1.82, 2.24) is 19.7 Å². The molecule has 1 unspecified atom stereocenters. The summed E-state index contributed by atoms with van der Waals surface area (Å²) in [7, 11) is 0. The van der Waals surface area contributed by atoms with E-state index >= 15 is 0 Å². The molecule has 1 saturated heterocycles. The van der Waals surface area contributed by atoms with Gasteiger partial charge in [0.25, 0.3) is 0 Å². The Bertz CT molecular complexity index is 625. The summed E-state index contributed by atoms with van der Waals surface area (Å²) in [6.07, 6.45) is 14.2. The van der Waals surface area contributed by atoms with E-state index in [-0.39, 0.29) is 0 Å². The number of carbonyl (C=O) groups is 1. The molecule has 0 bridgehead atoms. The Morgan fingerprint density at radius 3 is 2.62 bits per heavy atom. The molecule has 1 spiro atoms. The van der Waals surface area contributed by atoms with Crippen LogP contribution in [0.4, 0.5) is 0 Å². The fourth-order valence-electron chi connectivity index (χ4n) is 5.38. The monoisotopic (exact) mass is 328 g/mol. The van der Waals surface area contributed by atoms with E-state index in [1.807, 2.05) is 6.33 Å². The Labute approximate surface area is 143 Å². The number of amides is 1. The van der Waals surface area contributed by atoms with Gasteiger partial charge >= 0.3 is 0 Å². The fraction of sp³-hybridized carbons (Fsp3) is 0.842. The maximum atomic E-state index is 12.9. The topological polar surface area (TPSA) is 51.0 Å². The highest BCUT2D eigenvalue weighted by molar-refractivity contribution is 5.77. The lowest BCUT2D eigenvalue weighted by Gasteiger charge is -2.42. The third kappa shape index (κ3) is 2.39. The lowest BCUT2D eigenvalue weighted by atomic mass is 9.62. The Kier molecular flexibility index (Phi) is 3.46. The number of carbonyl (C=O) groups excluding carboxylic acids is 1. The van der Waals surface area contributed by atoms with Gasteiger partial charge in [-0.2, -0.15) is 0 Å². The van der Waals surface area contributed by atoms with Crippen LogP contribution in [0, 0.1) is 11.3 Å². The van der Waals surface area contributed by atoms with Crippen LogP contribution >= 0.6 is 0 Å². The highest BCUT2D eigenvalue weighted by Gasteiger charge is 2.54. The summed E-state index contributed by atoms with van der Waals surface area (Å²) in [5, 5.41) is 8.72. The van der Waals surface area contributed by atoms with Gasteiger partial charge in [0.1, 0.15) is 12.2 Å². The van der Waals surface area contributed by atoms with Crippen LogP contribution in [-0.2, 0) is 4.79 Å². The van der Waals surface area contributed by atoms with Crippen molar-refractivity contribution in [2.75, 3.05) is 13.1 Å². The van der Waals surface area contributed by atoms with Crippen molar-refractivity contribution in [3.05, 3.63) is 12.2 Å². The average molecular weight is 328 g/mol. The molecule has 1 aromatic rings. The minimum absolute atomic E-state index is 0.297. The van der Waals surface area contributed by atoms with Crippen molar-refractivity contribution < 1.29 is 4.79 Å². The van der Waals surface area contributed by atoms with Crippen LogP contribution in [0.5, 0.6) is 0 Å². The van der Waals surface area contributed by atoms with Crippen molar-refractivity contribution in [1.29, 1.82) is 0 Å². The zero-order valence-corrected chi connectivity index (χ0v) is 14.5. The number of hydrogen-bond donors (Lipinski definition) is 0. The second-order valence-electron chi connectivity index (χ2n) is 8.72. The van der Waals surface area contributed by atoms with Crippen LogP contribution in [-0.4, -0.2) is 38.7 Å². The van der Waals surface area contributed by atoms with Gasteiger partial charge in [0.15, 0.2) is 0 Å². The summed E-state index contributed by atoms with van der Waals surface area (Å²) in [6.45, 7) is 1.83. The molecule has 24 heavy (non-hydrogen) atoms. The largest absolute Gasteiger partial charge is 0.341 e. The first-order valence-corrected chi connectivity index (χ1v) is 9.92. The van der Waals surface area contributed by atoms with E-state index in [4.69, 9.17) is 0 Å². The first-order valence-electron chi connectivity index (χ1n) is 9.92. The highest BCUT2D eigenvalue weighted by atomic mass is 16.2. The first-order chi connectivity index (χ1) is 11.8. The molecule has 1 aliphatic heterocycles. The van der Waals surface area contributed by atoms with E-state index in [0.717, 1.165) is 25.3 Å². The van der Waals surface area contributed by atoms with Gasteiger partial charge in [-0.05, 0) is 49.9 Å². The van der Waals surface area contributed by atoms with Gasteiger partial charge in [-0.15, -0.1) is 10.2 Å². The molecule has 2 heterocycles. The average Bonchev–Trinajstić information content (AvgIpc) is 2.98. The second-order valence-corrected chi connectivity index (χ2v) is 8.72. The first kappa shape index (κ1) is 14.9. The summed E-state index contributed by atoms with van der Waals surface area (Å²) in [5.41, 5.74) is 0.297. The molecule has 3 saturated carbocycles. The molecule has 1 atom stereocenters. The van der Waals surface area contributed by atoms with E-state index in [1.54, 1.807) is 0 Å². The molecule has 0 N–H and O–H groups in total. The molecule has 1 aromatic heterocycles. The number of likely N-dealkylation sites (tertiary alicyclic amines) is 1. The number of nitrogens with zero attached hydrogens (tertiary/aromatic N) is 4. The lowest BCUT2D eigenvalue weighted by molar-refractivity contribution is -0.131. The minimum Gasteiger partial charge on any atom is -0.341 e. The van der Waals surface area contributed by atoms with Crippen LogP contribution in [0.1, 0.15) is 82.0 Å². The maximum absolute atomic E-state index is 12.9. The van der Waals surface area contributed by atoms with Crippen LogP contribution < -0.4 is 0 Å². The molecule has 130 valence electrons. The van der Waals surface area contributed by atoms with Crippen molar-refractivity contribution in [3.8, 4) is 0 Å². The Balaban J connectivity index is 1.35. The molecule has 0 radical (unpaired) electrons. The quantitative estimate of drug-likeness (QED) is 0.852. The molecule has 4 aliphatic rings. The van der Waals surface area contributed by atoms with Gasteiger partial charge in [0.2, 0.25) is 5.91 Å². The Hall–Kier alpha value is -1.39. The number of rotatable bonds is 4. The molecule has 3 aliphatic carbocycles. The van der Waals surface area contributed by atoms with E-state index in [1.165, 1.54) is 57.8 Å². The maximum Gasteiger partial charge on any atom is 0.222 e. The van der Waals surface area contributed by atoms with Crippen molar-refractivity contribution in [3.63, 3.8) is 0 Å². The molecular weight excluding hydrogens is 300 g/mol. The summed E-state index contributed by atoms with van der Waals surface area (Å²) < 4.78 is 2.32. The lowest BCUT2D eigenvalue weighted by Crippen LogP contribution is -2.38. The van der Waals surface area contributed by atoms with Crippen molar-refractivity contribution in [2.45, 2.75) is 76.2 Å². The molecule has 0 aromatic carbocycles. The summed E-state index contributed by atoms with van der Waals surface area (Å²) >= 11 is 0. The summed E-state index contributed by atoms with van der Waals surface area (Å²) in [5.74, 6) is 2.60. The van der Waals surface area contributed by atoms with E-state index in [0.29, 0.717) is 29.2 Å². The molecule has 5 rings (SSSR count). The number of aromatic nitrogens is 3. The Morgan fingerprint density at radius 2 is 1.96 bits per heavy atom. The predicted molar refractivity (Wildman–Crippen MR) is 90.5 cm³/mol. The van der Waals surface area contributed by atoms with Crippen LogP contribution in [0.25, 0.3) is 0 Å². The van der Waals surface area contributed by atoms with Crippen LogP contribution in [0.15, 0.2) is 6.33 Å². The van der Waals surface area contributed by atoms with Gasteiger partial charge in [-0.3, -0.25) is 4.79 Å². The van der Waals surface area contributed by atoms with Gasteiger partial charge in [0.05, 0.1) is 0 Å². The molecule has 5 heteroatoms. The van der Waals surface area contributed by atoms with Gasteiger partial charge in [-0.25, -0.2) is 0 Å². The van der Waals surface area contributed by atoms with Crippen LogP contribution in [0.3, 0.4) is 0 Å². The molecular formula is C19H28N4O. The zero-order chi connectivity index (χ0) is 16.1. The van der Waals surface area contributed by atoms with Crippen LogP contribution in [0.2, 0.25) is 0 Å². The standard InChI is InChI=1S/C19H28N4O/c24-17(10-14-4-1-2-5-14)22-11-16(19(12-22)8-3-9-19)18-21-20-13-23(18)15-6-7-15/h13-16H,1-12H2. The third-order valence-electron chi connectivity index (χ3n) is 7.14. The van der Waals surface area contributed by atoms with E-state index < -0.39 is 0 Å². The fourth-order valence-corrected chi connectivity index (χ4v) is 5.38. The van der Waals surface area contributed by atoms with Crippen molar-refractivity contribution in [2.24, 2.45) is 11.3 Å². The van der Waals surface area contributed by atoms with Gasteiger partial charge in [0, 0.05) is 31.5 Å². The smallest absolute Gasteiger partial charge is 0.222 e. The van der Waals surface area contributed by atoms with E-state index in [9.17, 15) is 4.79 Å². The Morgan fingerprint density at radius 1 is 1.17 bits per heavy atom. The minimum atomic E-state index is 0.297. The second kappa shape index (κ2) is 5.57. The summed E-state index contributed by atoms with van der Waals surface area (Å²) in [6, 6.07) is 0.621. The van der Waals surface area contributed by atoms with Crippen molar-refractivity contribution >= 4 is 5.91 Å². The third-order valence-corrected chi connectivity index (χ3v) is 7.14. The van der Waals surface area contributed by atoms with Gasteiger partial charge in [-0.1, -0.05) is 19.3 Å². The normalized spacial score (nSPS) is 29.3. The number of hydrogen-bond acceptors (Lipinski definition) is 3. The molecule has 1 amide bonds. The molecule has 5 nitrogen and oxygen atoms in total.